The number of rotatable bonds is 1. The number of benzene rings is 1. The summed E-state index contributed by atoms with van der Waals surface area (Å²) in [5.74, 6) is 0.161. The normalized spacial score (nSPS) is 10.9. The smallest absolute Gasteiger partial charge is 0.272 e. The van der Waals surface area contributed by atoms with Crippen molar-refractivity contribution in [1.82, 2.24) is 14.6 Å². The van der Waals surface area contributed by atoms with E-state index >= 15 is 0 Å². The van der Waals surface area contributed by atoms with Crippen LogP contribution in [0.4, 0.5) is 0 Å². The second-order valence-electron chi connectivity index (χ2n) is 4.12. The van der Waals surface area contributed by atoms with Crippen molar-refractivity contribution in [1.29, 1.82) is 0 Å². The van der Waals surface area contributed by atoms with Gasteiger partial charge in [0.15, 0.2) is 5.65 Å². The van der Waals surface area contributed by atoms with Crippen molar-refractivity contribution in [2.75, 3.05) is 0 Å². The van der Waals surface area contributed by atoms with Crippen molar-refractivity contribution in [2.24, 2.45) is 0 Å². The summed E-state index contributed by atoms with van der Waals surface area (Å²) in [4.78, 5) is 16.0. The van der Waals surface area contributed by atoms with Gasteiger partial charge in [-0.15, -0.1) is 0 Å². The molecule has 5 heteroatoms. The SMILES string of the molecule is Cc1cc(=O)n2[nH]c(-c3ccccc3O)cc2n1. The third-order valence-electron chi connectivity index (χ3n) is 2.77. The average molecular weight is 241 g/mol. The summed E-state index contributed by atoms with van der Waals surface area (Å²) in [5, 5.41) is 12.7. The maximum absolute atomic E-state index is 11.8. The van der Waals surface area contributed by atoms with E-state index in [1.807, 2.05) is 6.07 Å². The first kappa shape index (κ1) is 10.6. The van der Waals surface area contributed by atoms with Crippen molar-refractivity contribution >= 4 is 5.65 Å². The fourth-order valence-corrected chi connectivity index (χ4v) is 1.95. The van der Waals surface area contributed by atoms with Gasteiger partial charge >= 0.3 is 0 Å². The van der Waals surface area contributed by atoms with Gasteiger partial charge < -0.3 is 5.11 Å². The zero-order valence-corrected chi connectivity index (χ0v) is 9.71. The maximum atomic E-state index is 11.8. The number of phenolic OH excluding ortho intramolecular Hbond substituents is 1. The Morgan fingerprint density at radius 1 is 1.28 bits per heavy atom. The molecule has 2 N–H and O–H groups in total. The van der Waals surface area contributed by atoms with Gasteiger partial charge in [0, 0.05) is 23.4 Å². The quantitative estimate of drug-likeness (QED) is 0.681. The van der Waals surface area contributed by atoms with Gasteiger partial charge in [-0.05, 0) is 19.1 Å². The number of aromatic nitrogens is 3. The lowest BCUT2D eigenvalue weighted by Gasteiger charge is -1.99. The lowest BCUT2D eigenvalue weighted by molar-refractivity contribution is 0.477. The van der Waals surface area contributed by atoms with E-state index in [-0.39, 0.29) is 11.3 Å². The van der Waals surface area contributed by atoms with E-state index in [0.717, 1.165) is 0 Å². The lowest BCUT2D eigenvalue weighted by Crippen LogP contribution is -2.14. The van der Waals surface area contributed by atoms with Crippen LogP contribution in [0.2, 0.25) is 0 Å². The minimum Gasteiger partial charge on any atom is -0.507 e. The van der Waals surface area contributed by atoms with E-state index in [1.165, 1.54) is 10.6 Å². The molecule has 3 rings (SSSR count). The van der Waals surface area contributed by atoms with Gasteiger partial charge in [0.2, 0.25) is 0 Å². The predicted molar refractivity (Wildman–Crippen MR) is 67.7 cm³/mol. The number of nitrogens with zero attached hydrogens (tertiary/aromatic N) is 2. The van der Waals surface area contributed by atoms with Gasteiger partial charge in [0.05, 0.1) is 5.69 Å². The molecule has 3 aromatic rings. The highest BCUT2D eigenvalue weighted by Gasteiger charge is 2.09. The van der Waals surface area contributed by atoms with Crippen LogP contribution in [-0.4, -0.2) is 19.7 Å². The maximum Gasteiger partial charge on any atom is 0.272 e. The summed E-state index contributed by atoms with van der Waals surface area (Å²) in [6, 6.07) is 10.1. The van der Waals surface area contributed by atoms with Crippen LogP contribution < -0.4 is 5.56 Å². The summed E-state index contributed by atoms with van der Waals surface area (Å²) in [5.41, 5.74) is 2.34. The monoisotopic (exact) mass is 241 g/mol. The van der Waals surface area contributed by atoms with Crippen LogP contribution in [0.5, 0.6) is 5.75 Å². The van der Waals surface area contributed by atoms with Crippen LogP contribution in [0.1, 0.15) is 5.69 Å². The number of phenols is 1. The van der Waals surface area contributed by atoms with Gasteiger partial charge in [-0.2, -0.15) is 0 Å². The standard InChI is InChI=1S/C13H11N3O2/c1-8-6-13(18)16-12(14-8)7-10(15-16)9-4-2-3-5-11(9)17/h2-7,15,17H,1H3. The number of hydrogen-bond acceptors (Lipinski definition) is 3. The Labute approximate surface area is 102 Å². The summed E-state index contributed by atoms with van der Waals surface area (Å²) >= 11 is 0. The molecule has 0 saturated heterocycles. The van der Waals surface area contributed by atoms with E-state index in [9.17, 15) is 9.90 Å². The number of nitrogens with one attached hydrogen (secondary N) is 1. The number of fused-ring (bicyclic) bond motifs is 1. The molecular formula is C13H11N3O2. The summed E-state index contributed by atoms with van der Waals surface area (Å²) in [7, 11) is 0. The molecule has 0 radical (unpaired) electrons. The Morgan fingerprint density at radius 3 is 2.83 bits per heavy atom. The molecule has 0 bridgehead atoms. The highest BCUT2D eigenvalue weighted by Crippen LogP contribution is 2.27. The van der Waals surface area contributed by atoms with E-state index < -0.39 is 0 Å². The summed E-state index contributed by atoms with van der Waals surface area (Å²) < 4.78 is 1.36. The second kappa shape index (κ2) is 3.73. The van der Waals surface area contributed by atoms with E-state index in [4.69, 9.17) is 0 Å². The number of aromatic hydroxyl groups is 1. The topological polar surface area (TPSA) is 70.4 Å². The highest BCUT2D eigenvalue weighted by atomic mass is 16.3. The third-order valence-corrected chi connectivity index (χ3v) is 2.77. The number of aryl methyl sites for hydroxylation is 1. The Kier molecular flexibility index (Phi) is 2.19. The van der Waals surface area contributed by atoms with Gasteiger partial charge in [0.1, 0.15) is 5.75 Å². The third kappa shape index (κ3) is 1.57. The molecule has 2 aromatic heterocycles. The molecule has 0 aliphatic rings. The van der Waals surface area contributed by atoms with E-state index in [0.29, 0.717) is 22.6 Å². The van der Waals surface area contributed by atoms with Crippen LogP contribution in [0.15, 0.2) is 41.2 Å². The van der Waals surface area contributed by atoms with E-state index in [1.54, 1.807) is 31.2 Å². The van der Waals surface area contributed by atoms with Crippen molar-refractivity contribution in [3.63, 3.8) is 0 Å². The van der Waals surface area contributed by atoms with Crippen LogP contribution >= 0.6 is 0 Å². The molecule has 0 unspecified atom stereocenters. The summed E-state index contributed by atoms with van der Waals surface area (Å²) in [6.45, 7) is 1.77. The molecule has 90 valence electrons. The van der Waals surface area contributed by atoms with Crippen LogP contribution in [0.3, 0.4) is 0 Å². The van der Waals surface area contributed by atoms with Crippen molar-refractivity contribution in [3.05, 3.63) is 52.4 Å². The van der Waals surface area contributed by atoms with Gasteiger partial charge in [0.25, 0.3) is 5.56 Å². The van der Waals surface area contributed by atoms with Crippen molar-refractivity contribution in [3.8, 4) is 17.0 Å². The number of hydrogen-bond donors (Lipinski definition) is 2. The first-order chi connectivity index (χ1) is 8.65. The molecule has 0 aliphatic heterocycles. The zero-order chi connectivity index (χ0) is 12.7. The van der Waals surface area contributed by atoms with E-state index in [2.05, 4.69) is 10.1 Å². The van der Waals surface area contributed by atoms with Crippen molar-refractivity contribution < 1.29 is 5.11 Å². The van der Waals surface area contributed by atoms with Gasteiger partial charge in [-0.1, -0.05) is 12.1 Å². The summed E-state index contributed by atoms with van der Waals surface area (Å²) in [6.07, 6.45) is 0. The molecule has 2 heterocycles. The molecule has 1 aromatic carbocycles. The highest BCUT2D eigenvalue weighted by molar-refractivity contribution is 5.69. The number of aromatic amines is 1. The first-order valence-corrected chi connectivity index (χ1v) is 5.53. The molecular weight excluding hydrogens is 230 g/mol. The number of H-pyrrole nitrogens is 1. The van der Waals surface area contributed by atoms with Crippen LogP contribution in [-0.2, 0) is 0 Å². The van der Waals surface area contributed by atoms with Crippen LogP contribution in [0, 0.1) is 6.92 Å². The molecule has 0 spiro atoms. The minimum absolute atomic E-state index is 0.161. The minimum atomic E-state index is -0.167. The molecule has 0 aliphatic carbocycles. The molecule has 0 fully saturated rings. The molecule has 0 amide bonds. The molecule has 0 atom stereocenters. The second-order valence-corrected chi connectivity index (χ2v) is 4.12. The molecule has 0 saturated carbocycles. The molecule has 18 heavy (non-hydrogen) atoms. The Balaban J connectivity index is 2.30. The largest absolute Gasteiger partial charge is 0.507 e. The Hall–Kier alpha value is -2.56. The molecule has 5 nitrogen and oxygen atoms in total. The Bertz CT molecular complexity index is 786. The predicted octanol–water partition coefficient (Wildman–Crippen LogP) is 1.70. The van der Waals surface area contributed by atoms with Crippen LogP contribution in [0.25, 0.3) is 16.9 Å². The fourth-order valence-electron chi connectivity index (χ4n) is 1.95. The van der Waals surface area contributed by atoms with Gasteiger partial charge in [-0.3, -0.25) is 9.89 Å². The zero-order valence-electron chi connectivity index (χ0n) is 9.71. The Morgan fingerprint density at radius 2 is 2.06 bits per heavy atom. The van der Waals surface area contributed by atoms with Gasteiger partial charge in [-0.25, -0.2) is 9.50 Å². The fraction of sp³-hybridized carbons (Fsp3) is 0.0769. The average Bonchev–Trinajstić information content (AvgIpc) is 2.73. The van der Waals surface area contributed by atoms with Crippen molar-refractivity contribution in [2.45, 2.75) is 6.92 Å². The first-order valence-electron chi connectivity index (χ1n) is 5.53. The number of para-hydroxylation sites is 1. The lowest BCUT2D eigenvalue weighted by atomic mass is 10.1.